The lowest BCUT2D eigenvalue weighted by molar-refractivity contribution is 0.850. The predicted molar refractivity (Wildman–Crippen MR) is 72.6 cm³/mol. The van der Waals surface area contributed by atoms with E-state index >= 15 is 0 Å². The quantitative estimate of drug-likeness (QED) is 0.637. The fourth-order valence-electron chi connectivity index (χ4n) is 2.01. The van der Waals surface area contributed by atoms with Crippen molar-refractivity contribution in [3.63, 3.8) is 0 Å². The summed E-state index contributed by atoms with van der Waals surface area (Å²) in [5, 5.41) is 0. The molecular weight excluding hydrogens is 192 g/mol. The van der Waals surface area contributed by atoms with Gasteiger partial charge < -0.3 is 0 Å². The van der Waals surface area contributed by atoms with Crippen molar-refractivity contribution in [3.8, 4) is 0 Å². The maximum Gasteiger partial charge on any atom is 0.0492 e. The molecule has 0 fully saturated rings. The molecular formula is C16H20. The van der Waals surface area contributed by atoms with Crippen LogP contribution in [0.15, 0.2) is 66.8 Å². The molecule has 0 bridgehead atoms. The van der Waals surface area contributed by atoms with Crippen LogP contribution in [0.25, 0.3) is 0 Å². The van der Waals surface area contributed by atoms with Crippen molar-refractivity contribution in [2.24, 2.45) is 0 Å². The average Bonchev–Trinajstić information content (AvgIpc) is 2.31. The van der Waals surface area contributed by atoms with Gasteiger partial charge in [-0.25, -0.2) is 0 Å². The molecule has 0 unspecified atom stereocenters. The van der Waals surface area contributed by atoms with E-state index in [0.717, 1.165) is 0 Å². The summed E-state index contributed by atoms with van der Waals surface area (Å²) in [6.45, 7) is 6.18. The molecule has 0 nitrogen and oxygen atoms in total. The summed E-state index contributed by atoms with van der Waals surface area (Å²) in [5.41, 5.74) is 1.20. The van der Waals surface area contributed by atoms with Crippen LogP contribution < -0.4 is 0 Å². The van der Waals surface area contributed by atoms with Gasteiger partial charge in [-0.1, -0.05) is 66.8 Å². The maximum absolute atomic E-state index is 2.22. The summed E-state index contributed by atoms with van der Waals surface area (Å²) >= 11 is 0. The van der Waals surface area contributed by atoms with Gasteiger partial charge >= 0.3 is 0 Å². The van der Waals surface area contributed by atoms with Gasteiger partial charge in [0.2, 0.25) is 0 Å². The molecule has 0 heteroatoms. The standard InChI is InChI=1S/C16H20/c1-4-12-16(13-5-2,14-6-3)15-10-8-7-9-11-15/h4-14H,1-3H3. The molecule has 0 N–H and O–H groups in total. The van der Waals surface area contributed by atoms with Gasteiger partial charge in [0.1, 0.15) is 0 Å². The van der Waals surface area contributed by atoms with E-state index in [4.69, 9.17) is 0 Å². The third kappa shape index (κ3) is 2.73. The highest BCUT2D eigenvalue weighted by Crippen LogP contribution is 2.29. The summed E-state index contributed by atoms with van der Waals surface area (Å²) < 4.78 is 0. The van der Waals surface area contributed by atoms with Gasteiger partial charge in [0, 0.05) is 5.41 Å². The van der Waals surface area contributed by atoms with Crippen LogP contribution >= 0.6 is 0 Å². The van der Waals surface area contributed by atoms with E-state index in [0.29, 0.717) is 0 Å². The summed E-state index contributed by atoms with van der Waals surface area (Å²) in [6, 6.07) is 10.6. The number of hydrogen-bond donors (Lipinski definition) is 0. The minimum Gasteiger partial charge on any atom is -0.0901 e. The normalized spacial score (nSPS) is 16.2. The van der Waals surface area contributed by atoms with Gasteiger partial charge in [-0.05, 0) is 26.3 Å². The Labute approximate surface area is 99.0 Å². The first-order valence-corrected chi connectivity index (χ1v) is 5.76. The monoisotopic (exact) mass is 212 g/mol. The minimum atomic E-state index is -0.0977. The second-order valence-electron chi connectivity index (χ2n) is 3.80. The molecule has 0 aliphatic rings. The highest BCUT2D eigenvalue weighted by molar-refractivity contribution is 5.42. The van der Waals surface area contributed by atoms with E-state index in [1.807, 2.05) is 0 Å². The summed E-state index contributed by atoms with van der Waals surface area (Å²) in [4.78, 5) is 0. The van der Waals surface area contributed by atoms with Crippen LogP contribution in [0.1, 0.15) is 26.3 Å². The molecule has 16 heavy (non-hydrogen) atoms. The van der Waals surface area contributed by atoms with E-state index in [9.17, 15) is 0 Å². The highest BCUT2D eigenvalue weighted by Gasteiger charge is 2.21. The molecule has 0 aromatic heterocycles. The van der Waals surface area contributed by atoms with E-state index < -0.39 is 0 Å². The third-order valence-corrected chi connectivity index (χ3v) is 2.60. The first-order chi connectivity index (χ1) is 7.79. The van der Waals surface area contributed by atoms with Crippen molar-refractivity contribution >= 4 is 0 Å². The fraction of sp³-hybridized carbons (Fsp3) is 0.250. The predicted octanol–water partition coefficient (Wildman–Crippen LogP) is 4.65. The van der Waals surface area contributed by atoms with Crippen molar-refractivity contribution in [3.05, 3.63) is 72.4 Å². The van der Waals surface area contributed by atoms with Crippen molar-refractivity contribution in [2.75, 3.05) is 0 Å². The van der Waals surface area contributed by atoms with E-state index in [1.54, 1.807) is 0 Å². The summed E-state index contributed by atoms with van der Waals surface area (Å²) in [7, 11) is 0. The first-order valence-electron chi connectivity index (χ1n) is 5.76. The Balaban J connectivity index is 3.32. The van der Waals surface area contributed by atoms with Gasteiger partial charge in [-0.3, -0.25) is 0 Å². The second kappa shape index (κ2) is 6.12. The topological polar surface area (TPSA) is 0 Å². The molecule has 0 saturated heterocycles. The van der Waals surface area contributed by atoms with Gasteiger partial charge in [0.25, 0.3) is 0 Å². The van der Waals surface area contributed by atoms with Gasteiger partial charge in [0.05, 0.1) is 0 Å². The number of benzene rings is 1. The maximum atomic E-state index is 2.22. The molecule has 0 radical (unpaired) electrons. The van der Waals surface area contributed by atoms with Gasteiger partial charge in [0.15, 0.2) is 0 Å². The Hall–Kier alpha value is -1.56. The SMILES string of the molecule is CC=CC(C=CC)(C=CC)c1ccccc1. The Morgan fingerprint density at radius 1 is 0.750 bits per heavy atom. The second-order valence-corrected chi connectivity index (χ2v) is 3.80. The number of allylic oxidation sites excluding steroid dienone is 6. The van der Waals surface area contributed by atoms with E-state index in [-0.39, 0.29) is 5.41 Å². The largest absolute Gasteiger partial charge is 0.0901 e. The molecule has 0 spiro atoms. The Morgan fingerprint density at radius 2 is 1.19 bits per heavy atom. The molecule has 0 amide bonds. The smallest absolute Gasteiger partial charge is 0.0492 e. The molecule has 0 heterocycles. The van der Waals surface area contributed by atoms with Crippen LogP contribution in [0.3, 0.4) is 0 Å². The number of rotatable bonds is 4. The van der Waals surface area contributed by atoms with Crippen molar-refractivity contribution in [1.82, 2.24) is 0 Å². The van der Waals surface area contributed by atoms with Crippen LogP contribution in [0, 0.1) is 0 Å². The fourth-order valence-corrected chi connectivity index (χ4v) is 2.01. The molecule has 1 rings (SSSR count). The lowest BCUT2D eigenvalue weighted by atomic mass is 9.79. The zero-order valence-electron chi connectivity index (χ0n) is 10.4. The Bertz CT molecular complexity index is 348. The average molecular weight is 212 g/mol. The van der Waals surface area contributed by atoms with Gasteiger partial charge in [-0.15, -0.1) is 0 Å². The Kier molecular flexibility index (Phi) is 4.78. The van der Waals surface area contributed by atoms with Crippen LogP contribution in [-0.4, -0.2) is 0 Å². The minimum absolute atomic E-state index is 0.0977. The van der Waals surface area contributed by atoms with Crippen molar-refractivity contribution in [1.29, 1.82) is 0 Å². The van der Waals surface area contributed by atoms with E-state index in [1.165, 1.54) is 5.56 Å². The zero-order chi connectivity index (χ0) is 11.9. The Morgan fingerprint density at radius 3 is 1.56 bits per heavy atom. The van der Waals surface area contributed by atoms with Crippen LogP contribution in [0.4, 0.5) is 0 Å². The van der Waals surface area contributed by atoms with Crippen LogP contribution in [-0.2, 0) is 5.41 Å². The summed E-state index contributed by atoms with van der Waals surface area (Å²) in [6.07, 6.45) is 13.0. The lowest BCUT2D eigenvalue weighted by Crippen LogP contribution is -2.17. The molecule has 0 aliphatic heterocycles. The summed E-state index contributed by atoms with van der Waals surface area (Å²) in [5.74, 6) is 0. The van der Waals surface area contributed by atoms with Crippen LogP contribution in [0.5, 0.6) is 0 Å². The molecule has 0 saturated carbocycles. The van der Waals surface area contributed by atoms with E-state index in [2.05, 4.69) is 87.6 Å². The molecule has 0 atom stereocenters. The zero-order valence-corrected chi connectivity index (χ0v) is 10.4. The molecule has 84 valence electrons. The molecule has 0 aliphatic carbocycles. The highest BCUT2D eigenvalue weighted by atomic mass is 14.2. The first kappa shape index (κ1) is 12.5. The van der Waals surface area contributed by atoms with Crippen molar-refractivity contribution in [2.45, 2.75) is 26.2 Å². The number of hydrogen-bond acceptors (Lipinski definition) is 0. The molecule has 1 aromatic carbocycles. The lowest BCUT2D eigenvalue weighted by Gasteiger charge is -2.24. The van der Waals surface area contributed by atoms with Crippen LogP contribution in [0.2, 0.25) is 0 Å². The van der Waals surface area contributed by atoms with Crippen molar-refractivity contribution < 1.29 is 0 Å². The molecule has 1 aromatic rings. The third-order valence-electron chi connectivity index (χ3n) is 2.60. The van der Waals surface area contributed by atoms with Gasteiger partial charge in [-0.2, -0.15) is 0 Å².